The second kappa shape index (κ2) is 17.4. The van der Waals surface area contributed by atoms with Gasteiger partial charge in [-0.05, 0) is 115 Å². The summed E-state index contributed by atoms with van der Waals surface area (Å²) in [6.07, 6.45) is 6.68. The van der Waals surface area contributed by atoms with Gasteiger partial charge in [-0.25, -0.2) is 15.0 Å². The fourth-order valence-corrected chi connectivity index (χ4v) is 9.44. The molecule has 1 aliphatic carbocycles. The Balaban J connectivity index is 1.15. The Morgan fingerprint density at radius 2 is 0.750 bits per heavy atom. The second-order valence-corrected chi connectivity index (χ2v) is 16.5. The van der Waals surface area contributed by atoms with Crippen molar-refractivity contribution in [2.24, 2.45) is 0 Å². The first-order valence-corrected chi connectivity index (χ1v) is 22.3. The van der Waals surface area contributed by atoms with Gasteiger partial charge in [0.2, 0.25) is 0 Å². The van der Waals surface area contributed by atoms with Gasteiger partial charge in [0.25, 0.3) is 0 Å². The zero-order valence-corrected chi connectivity index (χ0v) is 35.5. The largest absolute Gasteiger partial charge is 0.209 e. The van der Waals surface area contributed by atoms with E-state index in [-0.39, 0.29) is 0 Å². The van der Waals surface area contributed by atoms with E-state index in [0.29, 0.717) is 11.6 Å². The predicted octanol–water partition coefficient (Wildman–Crippen LogP) is 16.3. The van der Waals surface area contributed by atoms with Gasteiger partial charge < -0.3 is 0 Å². The Hall–Kier alpha value is -8.01. The van der Waals surface area contributed by atoms with Gasteiger partial charge in [0.05, 0.1) is 0 Å². The number of rotatable bonds is 9. The molecular weight excluding hydrogens is 775 g/mol. The Morgan fingerprint density at radius 1 is 0.297 bits per heavy atom. The molecule has 0 unspecified atom stereocenters. The molecule has 0 saturated heterocycles. The van der Waals surface area contributed by atoms with Crippen LogP contribution in [0.15, 0.2) is 224 Å². The lowest BCUT2D eigenvalue weighted by Crippen LogP contribution is -2.05. The Morgan fingerprint density at radius 3 is 1.33 bits per heavy atom. The zero-order valence-electron chi connectivity index (χ0n) is 35.5. The summed E-state index contributed by atoms with van der Waals surface area (Å²) in [6, 6.07) is 78.4. The van der Waals surface area contributed by atoms with Crippen LogP contribution in [0.25, 0.3) is 106 Å². The molecule has 0 radical (unpaired) electrons. The van der Waals surface area contributed by atoms with Crippen LogP contribution in [0.5, 0.6) is 0 Å². The van der Waals surface area contributed by atoms with E-state index in [0.717, 1.165) is 58.3 Å². The summed E-state index contributed by atoms with van der Waals surface area (Å²) in [7, 11) is 0. The van der Waals surface area contributed by atoms with Crippen LogP contribution in [0.4, 0.5) is 0 Å². The van der Waals surface area contributed by atoms with Crippen LogP contribution in [-0.4, -0.2) is 15.0 Å². The molecule has 64 heavy (non-hydrogen) atoms. The third-order valence-electron chi connectivity index (χ3n) is 12.5. The lowest BCUT2D eigenvalue weighted by molar-refractivity contribution is 0.736. The number of fused-ring (bicyclic) bond motifs is 1. The van der Waals surface area contributed by atoms with Crippen LogP contribution in [-0.2, 0) is 0 Å². The third-order valence-corrected chi connectivity index (χ3v) is 12.5. The van der Waals surface area contributed by atoms with Gasteiger partial charge >= 0.3 is 0 Å². The van der Waals surface area contributed by atoms with E-state index in [1.165, 1.54) is 67.5 Å². The van der Waals surface area contributed by atoms with Crippen LogP contribution in [0, 0.1) is 0 Å². The normalized spacial score (nSPS) is 12.5. The molecule has 1 aromatic heterocycles. The van der Waals surface area contributed by atoms with Gasteiger partial charge in [-0.15, -0.1) is 0 Å². The average molecular weight is 820 g/mol. The number of benzene rings is 9. The topological polar surface area (TPSA) is 38.7 Å². The van der Waals surface area contributed by atoms with Gasteiger partial charge in [0.1, 0.15) is 0 Å². The summed E-state index contributed by atoms with van der Waals surface area (Å²) in [6.45, 7) is 0. The van der Waals surface area contributed by atoms with Crippen molar-refractivity contribution in [2.45, 2.75) is 25.7 Å². The third kappa shape index (κ3) is 7.52. The molecule has 3 nitrogen and oxygen atoms in total. The molecule has 0 saturated carbocycles. The number of hydrogen-bond acceptors (Lipinski definition) is 3. The molecule has 0 fully saturated rings. The Labute approximate surface area is 375 Å². The minimum atomic E-state index is 0.683. The molecule has 0 spiro atoms. The zero-order chi connectivity index (χ0) is 42.7. The second-order valence-electron chi connectivity index (χ2n) is 16.5. The molecule has 0 amide bonds. The summed E-state index contributed by atoms with van der Waals surface area (Å²) in [4.78, 5) is 15.6. The van der Waals surface area contributed by atoms with Crippen molar-refractivity contribution in [2.75, 3.05) is 0 Å². The molecule has 0 N–H and O–H groups in total. The van der Waals surface area contributed by atoms with Gasteiger partial charge in [0.15, 0.2) is 17.5 Å². The summed E-state index contributed by atoms with van der Waals surface area (Å²) in [5.41, 5.74) is 17.2. The summed E-state index contributed by atoms with van der Waals surface area (Å²) in [5.74, 6) is 2.15. The molecule has 11 rings (SSSR count). The maximum atomic E-state index is 5.28. The van der Waals surface area contributed by atoms with Crippen molar-refractivity contribution >= 4 is 16.3 Å². The monoisotopic (exact) mass is 819 g/mol. The van der Waals surface area contributed by atoms with Crippen LogP contribution >= 0.6 is 0 Å². The van der Waals surface area contributed by atoms with Gasteiger partial charge in [0, 0.05) is 16.7 Å². The van der Waals surface area contributed by atoms with Crippen LogP contribution in [0.2, 0.25) is 0 Å². The molecular formula is C61H45N3. The van der Waals surface area contributed by atoms with Crippen molar-refractivity contribution in [3.8, 4) is 89.5 Å². The molecule has 1 aliphatic rings. The fourth-order valence-electron chi connectivity index (χ4n) is 9.44. The highest BCUT2D eigenvalue weighted by molar-refractivity contribution is 6.08. The predicted molar refractivity (Wildman–Crippen MR) is 267 cm³/mol. The molecule has 304 valence electrons. The lowest BCUT2D eigenvalue weighted by atomic mass is 9.78. The van der Waals surface area contributed by atoms with Crippen molar-refractivity contribution in [1.29, 1.82) is 0 Å². The summed E-state index contributed by atoms with van der Waals surface area (Å²) < 4.78 is 0. The van der Waals surface area contributed by atoms with Crippen LogP contribution in [0.1, 0.15) is 31.5 Å². The first-order valence-electron chi connectivity index (χ1n) is 22.3. The van der Waals surface area contributed by atoms with E-state index in [4.69, 9.17) is 15.0 Å². The quantitative estimate of drug-likeness (QED) is 0.146. The maximum Gasteiger partial charge on any atom is 0.164 e. The molecule has 0 aliphatic heterocycles. The molecule has 9 aromatic carbocycles. The van der Waals surface area contributed by atoms with Gasteiger partial charge in [-0.2, -0.15) is 0 Å². The molecule has 0 atom stereocenters. The minimum absolute atomic E-state index is 0.683. The molecule has 3 heteroatoms. The number of allylic oxidation sites excluding steroid dienone is 2. The van der Waals surface area contributed by atoms with Gasteiger partial charge in [-0.1, -0.05) is 212 Å². The summed E-state index contributed by atoms with van der Waals surface area (Å²) in [5, 5.41) is 2.32. The van der Waals surface area contributed by atoms with Crippen molar-refractivity contribution in [3.63, 3.8) is 0 Å². The first-order chi connectivity index (χ1) is 31.8. The van der Waals surface area contributed by atoms with Crippen molar-refractivity contribution in [1.82, 2.24) is 15.0 Å². The number of hydrogen-bond donors (Lipinski definition) is 0. The van der Waals surface area contributed by atoms with Crippen molar-refractivity contribution < 1.29 is 0 Å². The standard InChI is InChI=1S/C61H45N3/c1-7-21-42(22-8-1)53-41-54(57(46-26-11-3-12-27-46)58(47-28-13-4-14-29-47)56(53)45-24-9-2-10-25-45)44-35-37-48(38-36-44)55-51-34-20-19-23-43(51)39-40-52(55)61-63-59(49-30-15-5-16-31-49)62-60(64-61)50-32-17-6-18-33-50/h1-5,7-16,19-32,34-41H,6,17-18,33H2. The van der Waals surface area contributed by atoms with Crippen molar-refractivity contribution in [3.05, 3.63) is 230 Å². The average Bonchev–Trinajstić information content (AvgIpc) is 3.39. The molecule has 10 aromatic rings. The van der Waals surface area contributed by atoms with Crippen LogP contribution in [0.3, 0.4) is 0 Å². The number of nitrogens with zero attached hydrogens (tertiary/aromatic N) is 3. The van der Waals surface area contributed by atoms with E-state index in [1.807, 2.05) is 18.2 Å². The SMILES string of the molecule is C1=C(c2nc(-c3ccccc3)nc(-c3ccc4ccccc4c3-c3ccc(-c4cc(-c5ccccc5)c(-c5ccccc5)c(-c5ccccc5)c4-c4ccccc4)cc3)n2)CCCC1. The lowest BCUT2D eigenvalue weighted by Gasteiger charge is -2.24. The molecule has 0 bridgehead atoms. The Bertz CT molecular complexity index is 3270. The van der Waals surface area contributed by atoms with E-state index in [1.54, 1.807) is 0 Å². The highest BCUT2D eigenvalue weighted by Crippen LogP contribution is 2.50. The van der Waals surface area contributed by atoms with E-state index in [9.17, 15) is 0 Å². The van der Waals surface area contributed by atoms with E-state index in [2.05, 4.69) is 206 Å². The molecule has 1 heterocycles. The Kier molecular flexibility index (Phi) is 10.6. The summed E-state index contributed by atoms with van der Waals surface area (Å²) >= 11 is 0. The smallest absolute Gasteiger partial charge is 0.164 e. The van der Waals surface area contributed by atoms with E-state index < -0.39 is 0 Å². The maximum absolute atomic E-state index is 5.28. The number of aromatic nitrogens is 3. The van der Waals surface area contributed by atoms with E-state index >= 15 is 0 Å². The van der Waals surface area contributed by atoms with Crippen LogP contribution < -0.4 is 0 Å². The minimum Gasteiger partial charge on any atom is -0.209 e. The first kappa shape index (κ1) is 38.9. The highest BCUT2D eigenvalue weighted by atomic mass is 15.0. The fraction of sp³-hybridized carbons (Fsp3) is 0.0656. The highest BCUT2D eigenvalue weighted by Gasteiger charge is 2.25. The van der Waals surface area contributed by atoms with Gasteiger partial charge in [-0.3, -0.25) is 0 Å².